The van der Waals surface area contributed by atoms with Crippen LogP contribution in [0.15, 0.2) is 0 Å². The van der Waals surface area contributed by atoms with E-state index in [0.717, 1.165) is 6.66 Å². The Morgan fingerprint density at radius 3 is 1.86 bits per heavy atom. The molecule has 1 N–H and O–H groups in total. The molecule has 5 heteroatoms. The van der Waals surface area contributed by atoms with Gasteiger partial charge in [0.25, 0.3) is 0 Å². The van der Waals surface area contributed by atoms with Crippen molar-refractivity contribution in [3.8, 4) is 0 Å². The van der Waals surface area contributed by atoms with E-state index in [9.17, 15) is 4.57 Å². The van der Waals surface area contributed by atoms with Crippen molar-refractivity contribution in [2.45, 2.75) is 0 Å². The van der Waals surface area contributed by atoms with Gasteiger partial charge in [0.2, 0.25) is 0 Å². The van der Waals surface area contributed by atoms with Gasteiger partial charge in [-0.05, 0) is 0 Å². The first-order valence-corrected chi connectivity index (χ1v) is 3.45. The topological polar surface area (TPSA) is 46.5 Å². The molecule has 0 saturated heterocycles. The van der Waals surface area contributed by atoms with Crippen molar-refractivity contribution in [2.24, 2.45) is 0 Å². The van der Waals surface area contributed by atoms with Crippen LogP contribution >= 0.6 is 7.60 Å². The van der Waals surface area contributed by atoms with Gasteiger partial charge in [0.05, 0.1) is 0 Å². The van der Waals surface area contributed by atoms with Gasteiger partial charge >= 0.3 is 45.3 Å². The molecule has 0 spiro atoms. The van der Waals surface area contributed by atoms with E-state index in [2.05, 4.69) is 4.52 Å². The van der Waals surface area contributed by atoms with Crippen molar-refractivity contribution in [1.29, 1.82) is 0 Å². The van der Waals surface area contributed by atoms with Crippen LogP contribution in [0.1, 0.15) is 0 Å². The maximum absolute atomic E-state index is 9.92. The molecule has 7 heavy (non-hydrogen) atoms. The van der Waals surface area contributed by atoms with E-state index in [1.807, 2.05) is 0 Å². The molecule has 0 bridgehead atoms. The van der Waals surface area contributed by atoms with Crippen LogP contribution in [-0.2, 0) is 9.09 Å². The first-order chi connectivity index (χ1) is 2.56. The quantitative estimate of drug-likeness (QED) is 0.408. The van der Waals surface area contributed by atoms with Crippen LogP contribution in [0.3, 0.4) is 0 Å². The van der Waals surface area contributed by atoms with Gasteiger partial charge in [-0.3, -0.25) is 4.57 Å². The molecular formula is C2H9CaO3P. The molecule has 1 atom stereocenters. The molecule has 0 aliphatic carbocycles. The molecule has 0 heterocycles. The molecule has 0 radical (unpaired) electrons. The Kier molecular flexibility index (Phi) is 6.91. The van der Waals surface area contributed by atoms with Crippen LogP contribution in [0.2, 0.25) is 0 Å². The van der Waals surface area contributed by atoms with Gasteiger partial charge in [-0.2, -0.15) is 0 Å². The summed E-state index contributed by atoms with van der Waals surface area (Å²) in [5.74, 6) is 0. The van der Waals surface area contributed by atoms with Gasteiger partial charge in [-0.15, -0.1) is 0 Å². The van der Waals surface area contributed by atoms with E-state index in [1.165, 1.54) is 7.11 Å². The molecule has 0 saturated carbocycles. The van der Waals surface area contributed by atoms with Crippen LogP contribution in [0.25, 0.3) is 0 Å². The molecule has 0 aromatic heterocycles. The summed E-state index contributed by atoms with van der Waals surface area (Å²) >= 11 is 0. The van der Waals surface area contributed by atoms with Crippen molar-refractivity contribution < 1.29 is 14.0 Å². The molecule has 0 rings (SSSR count). The Labute approximate surface area is 72.6 Å². The fourth-order valence-corrected chi connectivity index (χ4v) is 0. The summed E-state index contributed by atoms with van der Waals surface area (Å²) in [5.41, 5.74) is 0. The molecule has 42 valence electrons. The van der Waals surface area contributed by atoms with Crippen molar-refractivity contribution in [3.05, 3.63) is 0 Å². The zero-order chi connectivity index (χ0) is 5.21. The first-order valence-electron chi connectivity index (χ1n) is 1.42. The number of rotatable bonds is 1. The van der Waals surface area contributed by atoms with E-state index in [1.54, 1.807) is 0 Å². The Morgan fingerprint density at radius 2 is 1.86 bits per heavy atom. The molecule has 0 aliphatic heterocycles. The fourth-order valence-electron chi connectivity index (χ4n) is 0. The maximum atomic E-state index is 9.92. The third-order valence-electron chi connectivity index (χ3n) is 0.339. The zero-order valence-electron chi connectivity index (χ0n) is 3.71. The summed E-state index contributed by atoms with van der Waals surface area (Å²) in [6.45, 7) is 1.13. The summed E-state index contributed by atoms with van der Waals surface area (Å²) in [5, 5.41) is 0. The molecule has 0 amide bonds. The van der Waals surface area contributed by atoms with E-state index in [0.29, 0.717) is 0 Å². The summed E-state index contributed by atoms with van der Waals surface area (Å²) in [6.07, 6.45) is 0. The number of hydrogen-bond donors (Lipinski definition) is 1. The van der Waals surface area contributed by atoms with Crippen LogP contribution in [0.4, 0.5) is 0 Å². The summed E-state index contributed by atoms with van der Waals surface area (Å²) in [6, 6.07) is 0. The second-order valence-electron chi connectivity index (χ2n) is 0.986. The summed E-state index contributed by atoms with van der Waals surface area (Å²) in [4.78, 5) is 8.16. The molecule has 0 aromatic carbocycles. The minimum atomic E-state index is -3.15. The van der Waals surface area contributed by atoms with Gasteiger partial charge in [0.15, 0.2) is 0 Å². The molecule has 0 aromatic rings. The van der Waals surface area contributed by atoms with Crippen molar-refractivity contribution in [1.82, 2.24) is 0 Å². The van der Waals surface area contributed by atoms with Gasteiger partial charge in [-0.25, -0.2) is 0 Å². The van der Waals surface area contributed by atoms with Crippen LogP contribution in [0, 0.1) is 0 Å². The van der Waals surface area contributed by atoms with Gasteiger partial charge in [0, 0.05) is 13.8 Å². The monoisotopic (exact) mass is 152 g/mol. The second kappa shape index (κ2) is 4.30. The van der Waals surface area contributed by atoms with Crippen LogP contribution < -0.4 is 0 Å². The number of hydrogen-bond acceptors (Lipinski definition) is 2. The average molecular weight is 152 g/mol. The van der Waals surface area contributed by atoms with E-state index >= 15 is 0 Å². The van der Waals surface area contributed by atoms with E-state index in [4.69, 9.17) is 4.89 Å². The Hall–Kier alpha value is 1.41. The average Bonchev–Trinajstić information content (AvgIpc) is 1.35. The molecule has 0 aliphatic rings. The predicted molar refractivity (Wildman–Crippen MR) is 31.3 cm³/mol. The summed E-state index contributed by atoms with van der Waals surface area (Å²) < 4.78 is 14.0. The van der Waals surface area contributed by atoms with Crippen LogP contribution in [0.5, 0.6) is 0 Å². The Balaban J connectivity index is 0. The van der Waals surface area contributed by atoms with Crippen molar-refractivity contribution >= 4 is 45.3 Å². The zero-order valence-corrected chi connectivity index (χ0v) is 4.61. The second-order valence-corrected chi connectivity index (χ2v) is 2.96. The van der Waals surface area contributed by atoms with Gasteiger partial charge in [-0.1, -0.05) is 0 Å². The van der Waals surface area contributed by atoms with E-state index in [-0.39, 0.29) is 37.7 Å². The van der Waals surface area contributed by atoms with Gasteiger partial charge in [0.1, 0.15) is 0 Å². The fraction of sp³-hybridized carbons (Fsp3) is 1.00. The van der Waals surface area contributed by atoms with Crippen LogP contribution in [-0.4, -0.2) is 56.4 Å². The third kappa shape index (κ3) is 11.2. The Morgan fingerprint density at radius 1 is 1.71 bits per heavy atom. The van der Waals surface area contributed by atoms with Crippen molar-refractivity contribution in [2.75, 3.05) is 13.8 Å². The Bertz CT molecular complexity index is 77.0. The predicted octanol–water partition coefficient (Wildman–Crippen LogP) is -0.468. The molecule has 3 nitrogen and oxygen atoms in total. The minimum absolute atomic E-state index is 0. The third-order valence-corrected chi connectivity index (χ3v) is 1.02. The summed E-state index contributed by atoms with van der Waals surface area (Å²) in [7, 11) is -1.95. The van der Waals surface area contributed by atoms with Gasteiger partial charge < -0.3 is 9.42 Å². The van der Waals surface area contributed by atoms with E-state index < -0.39 is 7.60 Å². The van der Waals surface area contributed by atoms with Crippen molar-refractivity contribution in [3.63, 3.8) is 0 Å². The normalized spacial score (nSPS) is 17.0. The molecular weight excluding hydrogens is 143 g/mol. The first kappa shape index (κ1) is 11.2. The molecule has 1 unspecified atom stereocenters. The molecule has 0 fully saturated rings. The standard InChI is InChI=1S/C2H7O3P.Ca.2H/c1-5-6(2,3)4;;;/h1-2H3,(H,3,4);;;. The SMILES string of the molecule is COP(C)(=O)O.[CaH2].